The molecule has 2 nitrogen and oxygen atoms in total. The van der Waals surface area contributed by atoms with Gasteiger partial charge >= 0.3 is 0 Å². The topological polar surface area (TPSA) is 38.4 Å². The summed E-state index contributed by atoms with van der Waals surface area (Å²) in [5.74, 6) is 0. The molecule has 3 rings (SSSR count). The minimum Gasteiger partial charge on any atom is -0.330 e. The third-order valence-electron chi connectivity index (χ3n) is 3.79. The van der Waals surface area contributed by atoms with Crippen molar-refractivity contribution in [2.45, 2.75) is 19.3 Å². The molecule has 0 aromatic heterocycles. The van der Waals surface area contributed by atoms with Crippen molar-refractivity contribution in [1.82, 2.24) is 0 Å². The van der Waals surface area contributed by atoms with Crippen molar-refractivity contribution in [2.24, 2.45) is 10.7 Å². The van der Waals surface area contributed by atoms with Gasteiger partial charge in [0.05, 0.1) is 5.71 Å². The number of fused-ring (bicyclic) bond motifs is 1. The van der Waals surface area contributed by atoms with Gasteiger partial charge in [0.15, 0.2) is 0 Å². The van der Waals surface area contributed by atoms with Crippen LogP contribution < -0.4 is 5.73 Å². The third kappa shape index (κ3) is 2.66. The lowest BCUT2D eigenvalue weighted by Crippen LogP contribution is -2.14. The largest absolute Gasteiger partial charge is 0.330 e. The second-order valence-electron chi connectivity index (χ2n) is 5.23. The summed E-state index contributed by atoms with van der Waals surface area (Å²) in [7, 11) is 0. The minimum atomic E-state index is 0.744. The minimum absolute atomic E-state index is 0.744. The molecule has 0 atom stereocenters. The van der Waals surface area contributed by atoms with Gasteiger partial charge in [0.25, 0.3) is 0 Å². The normalized spacial score (nSPS) is 13.8. The zero-order chi connectivity index (χ0) is 13.8. The first kappa shape index (κ1) is 13.1. The van der Waals surface area contributed by atoms with Crippen molar-refractivity contribution in [1.29, 1.82) is 0 Å². The average Bonchev–Trinajstić information content (AvgIpc) is 2.52. The molecule has 2 aromatic rings. The van der Waals surface area contributed by atoms with Crippen LogP contribution in [0.15, 0.2) is 53.5 Å². The van der Waals surface area contributed by atoms with E-state index in [9.17, 15) is 0 Å². The SMILES string of the molecule is NCCCc1cccc(C2=NCCc3ccccc32)c1. The van der Waals surface area contributed by atoms with E-state index in [4.69, 9.17) is 10.7 Å². The molecule has 0 unspecified atom stereocenters. The van der Waals surface area contributed by atoms with E-state index in [2.05, 4.69) is 48.5 Å². The Morgan fingerprint density at radius 3 is 2.85 bits per heavy atom. The first-order valence-corrected chi connectivity index (χ1v) is 7.30. The number of rotatable bonds is 4. The van der Waals surface area contributed by atoms with Crippen molar-refractivity contribution in [3.63, 3.8) is 0 Å². The summed E-state index contributed by atoms with van der Waals surface area (Å²) in [4.78, 5) is 4.75. The number of hydrogen-bond donors (Lipinski definition) is 1. The van der Waals surface area contributed by atoms with Crippen molar-refractivity contribution in [2.75, 3.05) is 13.1 Å². The van der Waals surface area contributed by atoms with Gasteiger partial charge in [-0.05, 0) is 43.0 Å². The quantitative estimate of drug-likeness (QED) is 0.906. The van der Waals surface area contributed by atoms with Gasteiger partial charge in [0.2, 0.25) is 0 Å². The highest BCUT2D eigenvalue weighted by Crippen LogP contribution is 2.21. The molecule has 0 spiro atoms. The van der Waals surface area contributed by atoms with Crippen molar-refractivity contribution in [3.05, 3.63) is 70.8 Å². The number of nitrogens with two attached hydrogens (primary N) is 1. The predicted octanol–water partition coefficient (Wildman–Crippen LogP) is 2.97. The van der Waals surface area contributed by atoms with Crippen LogP contribution in [0.1, 0.15) is 28.7 Å². The number of hydrogen-bond acceptors (Lipinski definition) is 2. The van der Waals surface area contributed by atoms with Crippen LogP contribution in [0.3, 0.4) is 0 Å². The van der Waals surface area contributed by atoms with Crippen molar-refractivity contribution >= 4 is 5.71 Å². The highest BCUT2D eigenvalue weighted by atomic mass is 14.7. The molecule has 1 heterocycles. The van der Waals surface area contributed by atoms with Gasteiger partial charge in [-0.2, -0.15) is 0 Å². The van der Waals surface area contributed by atoms with Crippen molar-refractivity contribution in [3.8, 4) is 0 Å². The van der Waals surface area contributed by atoms with E-state index < -0.39 is 0 Å². The monoisotopic (exact) mass is 264 g/mol. The number of nitrogens with zero attached hydrogens (tertiary/aromatic N) is 1. The first-order chi connectivity index (χ1) is 9.88. The highest BCUT2D eigenvalue weighted by Gasteiger charge is 2.15. The Balaban J connectivity index is 1.95. The molecule has 1 aliphatic rings. The summed E-state index contributed by atoms with van der Waals surface area (Å²) >= 11 is 0. The summed E-state index contributed by atoms with van der Waals surface area (Å²) in [6, 6.07) is 17.3. The Bertz CT molecular complexity index is 629. The van der Waals surface area contributed by atoms with Gasteiger partial charge in [-0.3, -0.25) is 4.99 Å². The maximum atomic E-state index is 5.60. The lowest BCUT2D eigenvalue weighted by Gasteiger charge is -2.17. The Morgan fingerprint density at radius 1 is 1.05 bits per heavy atom. The van der Waals surface area contributed by atoms with Gasteiger partial charge in [-0.1, -0.05) is 42.5 Å². The Labute approximate surface area is 120 Å². The van der Waals surface area contributed by atoms with E-state index >= 15 is 0 Å². The number of aliphatic imine (C=N–C) groups is 1. The molecule has 0 amide bonds. The molecular weight excluding hydrogens is 244 g/mol. The van der Waals surface area contributed by atoms with E-state index in [-0.39, 0.29) is 0 Å². The van der Waals surface area contributed by atoms with Crippen LogP contribution in [0.4, 0.5) is 0 Å². The molecule has 0 fully saturated rings. The predicted molar refractivity (Wildman–Crippen MR) is 84.5 cm³/mol. The summed E-state index contributed by atoms with van der Waals surface area (Å²) in [5.41, 5.74) is 12.0. The molecule has 0 saturated heterocycles. The fourth-order valence-electron chi connectivity index (χ4n) is 2.77. The van der Waals surface area contributed by atoms with Crippen LogP contribution in [-0.4, -0.2) is 18.8 Å². The van der Waals surface area contributed by atoms with E-state index in [1.165, 1.54) is 22.3 Å². The summed E-state index contributed by atoms with van der Waals surface area (Å²) in [6.07, 6.45) is 3.12. The van der Waals surface area contributed by atoms with E-state index in [1.54, 1.807) is 0 Å². The molecule has 2 N–H and O–H groups in total. The molecule has 0 saturated carbocycles. The Kier molecular flexibility index (Phi) is 3.93. The summed E-state index contributed by atoms with van der Waals surface area (Å²) in [5, 5.41) is 0. The summed E-state index contributed by atoms with van der Waals surface area (Å²) < 4.78 is 0. The van der Waals surface area contributed by atoms with Crippen LogP contribution >= 0.6 is 0 Å². The summed E-state index contributed by atoms with van der Waals surface area (Å²) in [6.45, 7) is 1.63. The van der Waals surface area contributed by atoms with Crippen LogP contribution in [0, 0.1) is 0 Å². The maximum absolute atomic E-state index is 5.60. The van der Waals surface area contributed by atoms with Crippen LogP contribution in [-0.2, 0) is 12.8 Å². The number of aryl methyl sites for hydroxylation is 1. The Morgan fingerprint density at radius 2 is 1.95 bits per heavy atom. The lowest BCUT2D eigenvalue weighted by molar-refractivity contribution is 0.832. The number of benzene rings is 2. The molecule has 2 aromatic carbocycles. The fourth-order valence-corrected chi connectivity index (χ4v) is 2.77. The van der Waals surface area contributed by atoms with Crippen molar-refractivity contribution < 1.29 is 0 Å². The molecule has 0 bridgehead atoms. The first-order valence-electron chi connectivity index (χ1n) is 7.30. The van der Waals surface area contributed by atoms with Crippen LogP contribution in [0.25, 0.3) is 0 Å². The zero-order valence-corrected chi connectivity index (χ0v) is 11.7. The maximum Gasteiger partial charge on any atom is 0.0721 e. The second kappa shape index (κ2) is 6.02. The smallest absolute Gasteiger partial charge is 0.0721 e. The van der Waals surface area contributed by atoms with E-state index in [1.807, 2.05) is 0 Å². The van der Waals surface area contributed by atoms with Gasteiger partial charge < -0.3 is 5.73 Å². The van der Waals surface area contributed by atoms with Crippen LogP contribution in [0.2, 0.25) is 0 Å². The van der Waals surface area contributed by atoms with E-state index in [0.717, 1.165) is 38.1 Å². The fraction of sp³-hybridized carbons (Fsp3) is 0.278. The van der Waals surface area contributed by atoms with Gasteiger partial charge in [0.1, 0.15) is 0 Å². The standard InChI is InChI=1S/C18H20N2/c19-11-4-6-14-5-3-8-16(13-14)18-17-9-2-1-7-15(17)10-12-20-18/h1-3,5,7-9,13H,4,6,10-12,19H2. The third-order valence-corrected chi connectivity index (χ3v) is 3.79. The molecular formula is C18H20N2. The molecule has 1 aliphatic heterocycles. The molecule has 102 valence electrons. The van der Waals surface area contributed by atoms with Gasteiger partial charge in [0, 0.05) is 17.7 Å². The molecule has 0 radical (unpaired) electrons. The second-order valence-corrected chi connectivity index (χ2v) is 5.23. The molecule has 20 heavy (non-hydrogen) atoms. The average molecular weight is 264 g/mol. The zero-order valence-electron chi connectivity index (χ0n) is 11.7. The Hall–Kier alpha value is -1.93. The van der Waals surface area contributed by atoms with Gasteiger partial charge in [-0.25, -0.2) is 0 Å². The van der Waals surface area contributed by atoms with E-state index in [0.29, 0.717) is 0 Å². The highest BCUT2D eigenvalue weighted by molar-refractivity contribution is 6.14. The lowest BCUT2D eigenvalue weighted by atomic mass is 9.92. The van der Waals surface area contributed by atoms with Crippen LogP contribution in [0.5, 0.6) is 0 Å². The molecule has 2 heteroatoms. The van der Waals surface area contributed by atoms with Gasteiger partial charge in [-0.15, -0.1) is 0 Å². The molecule has 0 aliphatic carbocycles.